The van der Waals surface area contributed by atoms with Gasteiger partial charge in [0, 0.05) is 19.4 Å². The van der Waals surface area contributed by atoms with Crippen LogP contribution in [0.2, 0.25) is 0 Å². The van der Waals surface area contributed by atoms with Gasteiger partial charge >= 0.3 is 5.97 Å². The second-order valence-corrected chi connectivity index (χ2v) is 6.31. The number of carboxylic acids is 1. The summed E-state index contributed by atoms with van der Waals surface area (Å²) in [6.45, 7) is 0.705. The molecule has 1 atom stereocenters. The van der Waals surface area contributed by atoms with Crippen LogP contribution in [0.1, 0.15) is 18.7 Å². The molecular formula is C15H17N3O5S. The summed E-state index contributed by atoms with van der Waals surface area (Å²) in [6, 6.07) is 2.92. The average molecular weight is 351 g/mol. The Morgan fingerprint density at radius 3 is 3.08 bits per heavy atom. The van der Waals surface area contributed by atoms with Crippen molar-refractivity contribution in [2.45, 2.75) is 25.3 Å². The Morgan fingerprint density at radius 2 is 2.33 bits per heavy atom. The summed E-state index contributed by atoms with van der Waals surface area (Å²) in [5.74, 6) is -0.211. The van der Waals surface area contributed by atoms with Crippen LogP contribution in [0.4, 0.5) is 0 Å². The standard InChI is InChI=1S/C15H17N3O5S/c19-13(18-6-7-22-9-10(18)15(20)21)5-1-4-12-16-14(17-23-12)11-3-2-8-24-11/h2-3,8,10H,1,4-7,9H2,(H,20,21)/t10-/m0/s1. The van der Waals surface area contributed by atoms with Gasteiger partial charge in [-0.1, -0.05) is 11.2 Å². The summed E-state index contributed by atoms with van der Waals surface area (Å²) in [5.41, 5.74) is 0. The molecule has 1 aliphatic heterocycles. The van der Waals surface area contributed by atoms with E-state index in [1.54, 1.807) is 0 Å². The number of hydrogen-bond acceptors (Lipinski definition) is 7. The van der Waals surface area contributed by atoms with E-state index < -0.39 is 12.0 Å². The number of carbonyl (C=O) groups is 2. The van der Waals surface area contributed by atoms with Gasteiger partial charge in [0.25, 0.3) is 0 Å². The molecule has 2 aromatic rings. The number of aromatic nitrogens is 2. The lowest BCUT2D eigenvalue weighted by Gasteiger charge is -2.32. The Balaban J connectivity index is 1.50. The molecule has 9 heteroatoms. The van der Waals surface area contributed by atoms with Gasteiger partial charge in [-0.15, -0.1) is 11.3 Å². The van der Waals surface area contributed by atoms with Crippen molar-refractivity contribution in [1.29, 1.82) is 0 Å². The van der Waals surface area contributed by atoms with E-state index in [0.717, 1.165) is 4.88 Å². The van der Waals surface area contributed by atoms with Gasteiger partial charge in [0.15, 0.2) is 6.04 Å². The van der Waals surface area contributed by atoms with Gasteiger partial charge < -0.3 is 19.3 Å². The molecule has 0 saturated carbocycles. The fraction of sp³-hybridized carbons (Fsp3) is 0.467. The monoisotopic (exact) mass is 351 g/mol. The number of rotatable bonds is 6. The highest BCUT2D eigenvalue weighted by Gasteiger charge is 2.32. The minimum atomic E-state index is -1.04. The molecule has 0 bridgehead atoms. The van der Waals surface area contributed by atoms with Gasteiger partial charge in [0.05, 0.1) is 18.1 Å². The third-order valence-corrected chi connectivity index (χ3v) is 4.59. The van der Waals surface area contributed by atoms with E-state index in [1.165, 1.54) is 16.2 Å². The van der Waals surface area contributed by atoms with Gasteiger partial charge in [0.2, 0.25) is 17.6 Å². The van der Waals surface area contributed by atoms with Crippen molar-refractivity contribution < 1.29 is 24.0 Å². The van der Waals surface area contributed by atoms with Gasteiger partial charge in [-0.25, -0.2) is 4.79 Å². The molecule has 8 nitrogen and oxygen atoms in total. The van der Waals surface area contributed by atoms with E-state index in [2.05, 4.69) is 10.1 Å². The molecule has 0 spiro atoms. The normalized spacial score (nSPS) is 17.8. The highest BCUT2D eigenvalue weighted by atomic mass is 32.1. The Labute approximate surface area is 142 Å². The number of amides is 1. The molecule has 128 valence electrons. The van der Waals surface area contributed by atoms with Crippen LogP contribution < -0.4 is 0 Å². The number of nitrogens with zero attached hydrogens (tertiary/aromatic N) is 3. The molecule has 1 saturated heterocycles. The molecule has 3 heterocycles. The van der Waals surface area contributed by atoms with E-state index in [1.807, 2.05) is 17.5 Å². The zero-order chi connectivity index (χ0) is 16.9. The summed E-state index contributed by atoms with van der Waals surface area (Å²) in [4.78, 5) is 30.0. The lowest BCUT2D eigenvalue weighted by molar-refractivity contribution is -0.158. The van der Waals surface area contributed by atoms with Crippen LogP contribution in [0, 0.1) is 0 Å². The fourth-order valence-electron chi connectivity index (χ4n) is 2.50. The number of carbonyl (C=O) groups excluding carboxylic acids is 1. The Hall–Kier alpha value is -2.26. The number of thiophene rings is 1. The van der Waals surface area contributed by atoms with Gasteiger partial charge in [0.1, 0.15) is 0 Å². The summed E-state index contributed by atoms with van der Waals surface area (Å²) in [5, 5.41) is 15.0. The number of ether oxygens (including phenoxy) is 1. The van der Waals surface area contributed by atoms with Crippen LogP contribution >= 0.6 is 11.3 Å². The highest BCUT2D eigenvalue weighted by Crippen LogP contribution is 2.21. The first-order chi connectivity index (χ1) is 11.6. The average Bonchev–Trinajstić information content (AvgIpc) is 3.26. The smallest absolute Gasteiger partial charge is 0.328 e. The number of carboxylic acid groups (broad SMARTS) is 1. The van der Waals surface area contributed by atoms with E-state index in [0.29, 0.717) is 37.7 Å². The van der Waals surface area contributed by atoms with Crippen LogP contribution in [0.15, 0.2) is 22.0 Å². The number of morpholine rings is 1. The van der Waals surface area contributed by atoms with E-state index in [-0.39, 0.29) is 18.9 Å². The summed E-state index contributed by atoms with van der Waals surface area (Å²) >= 11 is 1.53. The van der Waals surface area contributed by atoms with Gasteiger partial charge in [-0.2, -0.15) is 4.98 Å². The maximum atomic E-state index is 12.2. The van der Waals surface area contributed by atoms with Crippen LogP contribution in [-0.4, -0.2) is 57.8 Å². The second-order valence-electron chi connectivity index (χ2n) is 5.36. The quantitative estimate of drug-likeness (QED) is 0.839. The molecule has 0 aromatic carbocycles. The minimum Gasteiger partial charge on any atom is -0.480 e. The van der Waals surface area contributed by atoms with Crippen molar-refractivity contribution in [3.05, 3.63) is 23.4 Å². The number of hydrogen-bond donors (Lipinski definition) is 1. The molecule has 24 heavy (non-hydrogen) atoms. The molecule has 0 radical (unpaired) electrons. The molecule has 0 unspecified atom stereocenters. The summed E-state index contributed by atoms with van der Waals surface area (Å²) in [6.07, 6.45) is 1.24. The maximum Gasteiger partial charge on any atom is 0.328 e. The van der Waals surface area contributed by atoms with Crippen molar-refractivity contribution in [1.82, 2.24) is 15.0 Å². The molecular weight excluding hydrogens is 334 g/mol. The molecule has 0 aliphatic carbocycles. The Kier molecular flexibility index (Phi) is 5.21. The van der Waals surface area contributed by atoms with Crippen molar-refractivity contribution in [2.75, 3.05) is 19.8 Å². The predicted octanol–water partition coefficient (Wildman–Crippen LogP) is 1.43. The Morgan fingerprint density at radius 1 is 1.46 bits per heavy atom. The first-order valence-electron chi connectivity index (χ1n) is 7.61. The lowest BCUT2D eigenvalue weighted by Crippen LogP contribution is -2.52. The molecule has 1 N–H and O–H groups in total. The van der Waals surface area contributed by atoms with Crippen molar-refractivity contribution in [2.24, 2.45) is 0 Å². The SMILES string of the molecule is O=C(O)[C@@H]1COCCN1C(=O)CCCc1nc(-c2cccs2)no1. The Bertz CT molecular complexity index is 700. The van der Waals surface area contributed by atoms with E-state index >= 15 is 0 Å². The van der Waals surface area contributed by atoms with Crippen LogP contribution in [0.25, 0.3) is 10.7 Å². The predicted molar refractivity (Wildman–Crippen MR) is 84.5 cm³/mol. The molecule has 3 rings (SSSR count). The van der Waals surface area contributed by atoms with Crippen LogP contribution in [0.3, 0.4) is 0 Å². The number of aliphatic carboxylic acids is 1. The van der Waals surface area contributed by atoms with Crippen molar-refractivity contribution >= 4 is 23.2 Å². The summed E-state index contributed by atoms with van der Waals surface area (Å²) in [7, 11) is 0. The zero-order valence-electron chi connectivity index (χ0n) is 12.9. The second kappa shape index (κ2) is 7.54. The number of aryl methyl sites for hydroxylation is 1. The molecule has 1 fully saturated rings. The fourth-order valence-corrected chi connectivity index (χ4v) is 3.15. The first-order valence-corrected chi connectivity index (χ1v) is 8.49. The maximum absolute atomic E-state index is 12.2. The molecule has 1 amide bonds. The third kappa shape index (κ3) is 3.80. The zero-order valence-corrected chi connectivity index (χ0v) is 13.7. The minimum absolute atomic E-state index is 0.0366. The van der Waals surface area contributed by atoms with Gasteiger partial charge in [-0.3, -0.25) is 4.79 Å². The van der Waals surface area contributed by atoms with Crippen LogP contribution in [-0.2, 0) is 20.7 Å². The third-order valence-electron chi connectivity index (χ3n) is 3.72. The van der Waals surface area contributed by atoms with Gasteiger partial charge in [-0.05, 0) is 17.9 Å². The summed E-state index contributed by atoms with van der Waals surface area (Å²) < 4.78 is 10.3. The highest BCUT2D eigenvalue weighted by molar-refractivity contribution is 7.13. The van der Waals surface area contributed by atoms with Crippen LogP contribution in [0.5, 0.6) is 0 Å². The van der Waals surface area contributed by atoms with Crippen molar-refractivity contribution in [3.8, 4) is 10.7 Å². The first kappa shape index (κ1) is 16.6. The lowest BCUT2D eigenvalue weighted by atomic mass is 10.1. The van der Waals surface area contributed by atoms with Crippen molar-refractivity contribution in [3.63, 3.8) is 0 Å². The van der Waals surface area contributed by atoms with E-state index in [4.69, 9.17) is 14.4 Å². The molecule has 1 aliphatic rings. The largest absolute Gasteiger partial charge is 0.480 e. The topological polar surface area (TPSA) is 106 Å². The van der Waals surface area contributed by atoms with E-state index in [9.17, 15) is 9.59 Å². The molecule has 2 aromatic heterocycles.